The van der Waals surface area contributed by atoms with Gasteiger partial charge in [-0.2, -0.15) is 4.31 Å². The average Bonchev–Trinajstić information content (AvgIpc) is 3.07. The number of hydrogen-bond donors (Lipinski definition) is 2. The molecule has 4 rings (SSSR count). The Kier molecular flexibility index (Phi) is 7.09. The molecule has 1 aromatic heterocycles. The number of carbonyl (C=O) groups excluding carboxylic acids is 1. The molecule has 0 spiro atoms. The van der Waals surface area contributed by atoms with Gasteiger partial charge in [0, 0.05) is 31.9 Å². The van der Waals surface area contributed by atoms with Crippen LogP contribution in [0, 0.1) is 12.7 Å². The third kappa shape index (κ3) is 5.70. The van der Waals surface area contributed by atoms with Crippen LogP contribution >= 0.6 is 0 Å². The van der Waals surface area contributed by atoms with Crippen LogP contribution in [0.3, 0.4) is 0 Å². The lowest BCUT2D eigenvalue weighted by atomic mass is 10.2. The zero-order valence-corrected chi connectivity index (χ0v) is 19.6. The minimum absolute atomic E-state index is 0.302. The summed E-state index contributed by atoms with van der Waals surface area (Å²) in [6, 6.07) is 15.5. The van der Waals surface area contributed by atoms with E-state index in [1.807, 2.05) is 11.8 Å². The summed E-state index contributed by atoms with van der Waals surface area (Å²) >= 11 is 0. The molecule has 0 bridgehead atoms. The maximum Gasteiger partial charge on any atom is 0.323 e. The molecular weight excluding hydrogens is 457 g/mol. The van der Waals surface area contributed by atoms with E-state index in [1.54, 1.807) is 42.5 Å². The predicted molar refractivity (Wildman–Crippen MR) is 130 cm³/mol. The third-order valence-electron chi connectivity index (χ3n) is 5.53. The number of nitrogens with one attached hydrogen (secondary N) is 2. The predicted octanol–water partition coefficient (Wildman–Crippen LogP) is 4.07. The molecule has 2 amide bonds. The number of amides is 2. The number of rotatable bonds is 5. The van der Waals surface area contributed by atoms with Gasteiger partial charge in [-0.25, -0.2) is 22.6 Å². The number of pyridine rings is 1. The van der Waals surface area contributed by atoms with Gasteiger partial charge in [0.2, 0.25) is 10.0 Å². The number of sulfonamides is 1. The number of carbonyl (C=O) groups is 1. The smallest absolute Gasteiger partial charge is 0.323 e. The highest BCUT2D eigenvalue weighted by molar-refractivity contribution is 7.89. The van der Waals surface area contributed by atoms with Gasteiger partial charge in [0.1, 0.15) is 11.6 Å². The topological polar surface area (TPSA) is 94.6 Å². The number of anilines is 3. The van der Waals surface area contributed by atoms with Crippen LogP contribution in [0.25, 0.3) is 0 Å². The Morgan fingerprint density at radius 3 is 2.41 bits per heavy atom. The van der Waals surface area contributed by atoms with Crippen LogP contribution in [-0.4, -0.2) is 49.9 Å². The third-order valence-corrected chi connectivity index (χ3v) is 7.44. The lowest BCUT2D eigenvalue weighted by molar-refractivity contribution is 0.262. The Balaban J connectivity index is 1.36. The largest absolute Gasteiger partial charge is 0.355 e. The van der Waals surface area contributed by atoms with Crippen molar-refractivity contribution in [3.63, 3.8) is 0 Å². The standard InChI is InChI=1S/C24H26FN5O3S/c1-18-6-9-22(10-7-18)34(32,33)30-13-3-12-29(14-15-30)23-11-8-21(17-26-23)28-24(31)27-20-5-2-4-19(25)16-20/h2,4-11,16-17H,3,12-15H2,1H3,(H2,27,28,31). The Morgan fingerprint density at radius 1 is 0.941 bits per heavy atom. The summed E-state index contributed by atoms with van der Waals surface area (Å²) in [6.45, 7) is 3.88. The number of nitrogens with zero attached hydrogens (tertiary/aromatic N) is 3. The van der Waals surface area contributed by atoms with Crippen LogP contribution in [0.15, 0.2) is 71.8 Å². The van der Waals surface area contributed by atoms with E-state index in [1.165, 1.54) is 28.7 Å². The summed E-state index contributed by atoms with van der Waals surface area (Å²) < 4.78 is 40.8. The van der Waals surface area contributed by atoms with Gasteiger partial charge in [-0.1, -0.05) is 23.8 Å². The van der Waals surface area contributed by atoms with Gasteiger partial charge in [0.25, 0.3) is 0 Å². The molecule has 8 nitrogen and oxygen atoms in total. The molecule has 178 valence electrons. The zero-order valence-electron chi connectivity index (χ0n) is 18.7. The van der Waals surface area contributed by atoms with Crippen LogP contribution in [0.5, 0.6) is 0 Å². The summed E-state index contributed by atoms with van der Waals surface area (Å²) in [6.07, 6.45) is 2.20. The van der Waals surface area contributed by atoms with Crippen molar-refractivity contribution in [1.82, 2.24) is 9.29 Å². The minimum atomic E-state index is -3.55. The Morgan fingerprint density at radius 2 is 1.71 bits per heavy atom. The van der Waals surface area contributed by atoms with Gasteiger partial charge in [0.15, 0.2) is 0 Å². The zero-order chi connectivity index (χ0) is 24.1. The Labute approximate surface area is 198 Å². The van der Waals surface area contributed by atoms with Gasteiger partial charge < -0.3 is 15.5 Å². The fraction of sp³-hybridized carbons (Fsp3) is 0.250. The molecule has 1 saturated heterocycles. The number of urea groups is 1. The molecular formula is C24H26FN5O3S. The number of halogens is 1. The maximum atomic E-state index is 13.3. The molecule has 1 fully saturated rings. The van der Waals surface area contributed by atoms with E-state index in [9.17, 15) is 17.6 Å². The van der Waals surface area contributed by atoms with Crippen molar-refractivity contribution in [3.8, 4) is 0 Å². The summed E-state index contributed by atoms with van der Waals surface area (Å²) in [4.78, 5) is 18.9. The van der Waals surface area contributed by atoms with E-state index in [0.717, 1.165) is 5.56 Å². The van der Waals surface area contributed by atoms with E-state index in [2.05, 4.69) is 15.6 Å². The van der Waals surface area contributed by atoms with E-state index >= 15 is 0 Å². The molecule has 0 atom stereocenters. The molecule has 1 aliphatic rings. The SMILES string of the molecule is Cc1ccc(S(=O)(=O)N2CCCN(c3ccc(NC(=O)Nc4cccc(F)c4)cn3)CC2)cc1. The summed E-state index contributed by atoms with van der Waals surface area (Å²) in [5.74, 6) is 0.261. The van der Waals surface area contributed by atoms with E-state index in [0.29, 0.717) is 54.7 Å². The quantitative estimate of drug-likeness (QED) is 0.570. The second-order valence-electron chi connectivity index (χ2n) is 8.05. The molecule has 2 aromatic carbocycles. The lowest BCUT2D eigenvalue weighted by Crippen LogP contribution is -2.35. The summed E-state index contributed by atoms with van der Waals surface area (Å²) in [5.41, 5.74) is 1.84. The van der Waals surface area contributed by atoms with Crippen molar-refractivity contribution in [2.75, 3.05) is 41.7 Å². The van der Waals surface area contributed by atoms with Crippen LogP contribution in [0.1, 0.15) is 12.0 Å². The normalized spacial score (nSPS) is 14.9. The molecule has 0 unspecified atom stereocenters. The number of aryl methyl sites for hydroxylation is 1. The number of aromatic nitrogens is 1. The monoisotopic (exact) mass is 483 g/mol. The van der Waals surface area contributed by atoms with Crippen LogP contribution in [0.2, 0.25) is 0 Å². The lowest BCUT2D eigenvalue weighted by Gasteiger charge is -2.23. The first-order valence-corrected chi connectivity index (χ1v) is 12.4. The van der Waals surface area contributed by atoms with Crippen molar-refractivity contribution < 1.29 is 17.6 Å². The molecule has 1 aliphatic heterocycles. The highest BCUT2D eigenvalue weighted by Crippen LogP contribution is 2.21. The molecule has 2 N–H and O–H groups in total. The second-order valence-corrected chi connectivity index (χ2v) is 9.99. The first-order valence-electron chi connectivity index (χ1n) is 10.9. The average molecular weight is 484 g/mol. The Bertz CT molecular complexity index is 1250. The summed E-state index contributed by atoms with van der Waals surface area (Å²) in [7, 11) is -3.55. The first kappa shape index (κ1) is 23.7. The highest BCUT2D eigenvalue weighted by Gasteiger charge is 2.27. The van der Waals surface area contributed by atoms with Crippen LogP contribution < -0.4 is 15.5 Å². The molecule has 0 saturated carbocycles. The molecule has 0 aliphatic carbocycles. The first-order chi connectivity index (χ1) is 16.3. The van der Waals surface area contributed by atoms with Gasteiger partial charge in [0.05, 0.1) is 16.8 Å². The fourth-order valence-electron chi connectivity index (χ4n) is 3.73. The van der Waals surface area contributed by atoms with E-state index < -0.39 is 21.9 Å². The highest BCUT2D eigenvalue weighted by atomic mass is 32.2. The molecule has 2 heterocycles. The molecule has 10 heteroatoms. The van der Waals surface area contributed by atoms with E-state index in [4.69, 9.17) is 0 Å². The van der Waals surface area contributed by atoms with Crippen molar-refractivity contribution in [2.24, 2.45) is 0 Å². The fourth-order valence-corrected chi connectivity index (χ4v) is 5.20. The van der Waals surface area contributed by atoms with Crippen molar-refractivity contribution in [3.05, 3.63) is 78.2 Å². The van der Waals surface area contributed by atoms with Crippen LogP contribution in [-0.2, 0) is 10.0 Å². The number of hydrogen-bond acceptors (Lipinski definition) is 5. The van der Waals surface area contributed by atoms with Gasteiger partial charge >= 0.3 is 6.03 Å². The molecule has 0 radical (unpaired) electrons. The Hall–Kier alpha value is -3.50. The second kappa shape index (κ2) is 10.2. The minimum Gasteiger partial charge on any atom is -0.355 e. The van der Waals surface area contributed by atoms with Crippen LogP contribution in [0.4, 0.5) is 26.4 Å². The number of benzene rings is 2. The van der Waals surface area contributed by atoms with Crippen molar-refractivity contribution >= 4 is 33.2 Å². The van der Waals surface area contributed by atoms with Gasteiger partial charge in [-0.05, 0) is 55.8 Å². The van der Waals surface area contributed by atoms with Gasteiger partial charge in [-0.3, -0.25) is 0 Å². The van der Waals surface area contributed by atoms with E-state index in [-0.39, 0.29) is 0 Å². The molecule has 3 aromatic rings. The summed E-state index contributed by atoms with van der Waals surface area (Å²) in [5, 5.41) is 5.22. The molecule has 34 heavy (non-hydrogen) atoms. The van der Waals surface area contributed by atoms with Crippen molar-refractivity contribution in [2.45, 2.75) is 18.2 Å². The van der Waals surface area contributed by atoms with Crippen molar-refractivity contribution in [1.29, 1.82) is 0 Å². The van der Waals surface area contributed by atoms with Gasteiger partial charge in [-0.15, -0.1) is 0 Å². The maximum absolute atomic E-state index is 13.3.